The van der Waals surface area contributed by atoms with Crippen molar-refractivity contribution >= 4 is 17.4 Å². The summed E-state index contributed by atoms with van der Waals surface area (Å²) in [5.41, 5.74) is 9.40. The zero-order valence-corrected chi connectivity index (χ0v) is 25.2. The Kier molecular flexibility index (Phi) is 11.0. The number of carbonyl (C=O) groups is 2. The van der Waals surface area contributed by atoms with E-state index in [4.69, 9.17) is 10.5 Å². The van der Waals surface area contributed by atoms with E-state index in [1.54, 1.807) is 18.5 Å². The lowest BCUT2D eigenvalue weighted by atomic mass is 9.60. The smallest absolute Gasteiger partial charge is 0.170 e. The number of ketones is 2. The van der Waals surface area contributed by atoms with Crippen LogP contribution < -0.4 is 15.5 Å². The topological polar surface area (TPSA) is 157 Å². The zero-order valence-electron chi connectivity index (χ0n) is 25.2. The molecule has 0 saturated heterocycles. The molecule has 1 aromatic carbocycles. The lowest BCUT2D eigenvalue weighted by Gasteiger charge is -2.46. The number of aromatic hydroxyl groups is 1. The van der Waals surface area contributed by atoms with E-state index in [0.717, 1.165) is 42.5 Å². The number of aryl methyl sites for hydroxylation is 1. The normalized spacial score (nSPS) is 18.7. The second kappa shape index (κ2) is 14.7. The molecule has 9 nitrogen and oxygen atoms in total. The first kappa shape index (κ1) is 32.2. The first-order chi connectivity index (χ1) is 20.7. The molecule has 43 heavy (non-hydrogen) atoms. The van der Waals surface area contributed by atoms with Crippen molar-refractivity contribution in [2.24, 2.45) is 5.41 Å². The molecule has 0 fully saturated rings. The molecule has 0 amide bonds. The molecule has 0 saturated carbocycles. The summed E-state index contributed by atoms with van der Waals surface area (Å²) in [6.07, 6.45) is 8.58. The van der Waals surface area contributed by atoms with Crippen LogP contribution in [0.15, 0.2) is 42.7 Å². The van der Waals surface area contributed by atoms with Gasteiger partial charge in [-0.1, -0.05) is 50.8 Å². The van der Waals surface area contributed by atoms with Gasteiger partial charge in [0.2, 0.25) is 0 Å². The van der Waals surface area contributed by atoms with Crippen molar-refractivity contribution in [1.82, 2.24) is 9.97 Å². The highest BCUT2D eigenvalue weighted by atomic mass is 16.5. The van der Waals surface area contributed by atoms with Crippen molar-refractivity contribution < 1.29 is 29.6 Å². The Morgan fingerprint density at radius 1 is 1.14 bits per heavy atom. The number of nitrogens with two attached hydrogens (primary N) is 1. The van der Waals surface area contributed by atoms with Crippen molar-refractivity contribution in [2.45, 2.75) is 89.6 Å². The number of aliphatic hydroxyl groups excluding tert-OH is 2. The van der Waals surface area contributed by atoms with E-state index in [1.165, 1.54) is 7.11 Å². The molecule has 9 heteroatoms. The lowest BCUT2D eigenvalue weighted by molar-refractivity contribution is -0.138. The summed E-state index contributed by atoms with van der Waals surface area (Å²) in [6, 6.07) is 9.15. The number of hydrogen-bond donors (Lipinski definition) is 4. The Morgan fingerprint density at radius 3 is 2.60 bits per heavy atom. The number of carbonyl (C=O) groups excluding carboxylic acids is 2. The largest absolute Gasteiger partial charge is 0.668 e. The lowest BCUT2D eigenvalue weighted by Crippen LogP contribution is -2.40. The highest BCUT2D eigenvalue weighted by Gasteiger charge is 2.45. The number of aliphatic hydroxyl groups is 2. The van der Waals surface area contributed by atoms with Crippen LogP contribution in [0.1, 0.15) is 92.2 Å². The fourth-order valence-electron chi connectivity index (χ4n) is 6.46. The van der Waals surface area contributed by atoms with Gasteiger partial charge >= 0.3 is 0 Å². The van der Waals surface area contributed by atoms with Gasteiger partial charge in [0.15, 0.2) is 29.2 Å². The number of aromatic nitrogens is 2. The molecule has 3 aromatic rings. The Hall–Kier alpha value is -3.69. The Balaban J connectivity index is 1.63. The summed E-state index contributed by atoms with van der Waals surface area (Å²) in [5.74, 6) is -0.857. The van der Waals surface area contributed by atoms with E-state index in [2.05, 4.69) is 16.9 Å². The second-order valence-corrected chi connectivity index (χ2v) is 11.8. The summed E-state index contributed by atoms with van der Waals surface area (Å²) in [6.45, 7) is 1.95. The number of nitrogens with zero attached hydrogens (tertiary/aromatic N) is 2. The number of fused-ring (bicyclic) bond motifs is 1. The van der Waals surface area contributed by atoms with Gasteiger partial charge < -0.3 is 30.8 Å². The van der Waals surface area contributed by atoms with Crippen molar-refractivity contribution in [3.63, 3.8) is 0 Å². The number of phenolic OH excluding ortho intramolecular Hbond substituents is 1. The second-order valence-electron chi connectivity index (χ2n) is 11.8. The van der Waals surface area contributed by atoms with Crippen LogP contribution in [0.3, 0.4) is 0 Å². The number of phenols is 1. The highest BCUT2D eigenvalue weighted by Crippen LogP contribution is 2.54. The van der Waals surface area contributed by atoms with Crippen LogP contribution in [0.2, 0.25) is 0 Å². The third kappa shape index (κ3) is 7.28. The van der Waals surface area contributed by atoms with Crippen molar-refractivity contribution in [2.75, 3.05) is 19.5 Å². The maximum absolute atomic E-state index is 12.8. The molecule has 3 unspecified atom stereocenters. The van der Waals surface area contributed by atoms with Gasteiger partial charge in [0.05, 0.1) is 7.11 Å². The first-order valence-corrected chi connectivity index (χ1v) is 15.3. The van der Waals surface area contributed by atoms with Gasteiger partial charge in [-0.3, -0.25) is 9.59 Å². The number of rotatable bonds is 16. The molecule has 0 bridgehead atoms. The summed E-state index contributed by atoms with van der Waals surface area (Å²) in [7, 11) is 1.46. The van der Waals surface area contributed by atoms with E-state index in [0.29, 0.717) is 42.6 Å². The highest BCUT2D eigenvalue weighted by molar-refractivity contribution is 6.05. The van der Waals surface area contributed by atoms with E-state index < -0.39 is 29.0 Å². The summed E-state index contributed by atoms with van der Waals surface area (Å²) >= 11 is 0. The summed E-state index contributed by atoms with van der Waals surface area (Å²) in [5, 5.41) is 32.8. The maximum Gasteiger partial charge on any atom is 0.170 e. The molecular formula is C34H44N3O6-. The number of anilines is 1. The van der Waals surface area contributed by atoms with Crippen LogP contribution in [0.5, 0.6) is 11.5 Å². The van der Waals surface area contributed by atoms with Gasteiger partial charge in [0.1, 0.15) is 5.82 Å². The van der Waals surface area contributed by atoms with Gasteiger partial charge in [0.25, 0.3) is 0 Å². The van der Waals surface area contributed by atoms with E-state index in [1.807, 2.05) is 24.3 Å². The molecule has 3 atom stereocenters. The number of ether oxygens (including phenoxy) is 1. The van der Waals surface area contributed by atoms with Gasteiger partial charge in [-0.15, -0.1) is 0 Å². The van der Waals surface area contributed by atoms with E-state index >= 15 is 0 Å². The number of methoxy groups -OCH3 is 1. The fourth-order valence-corrected chi connectivity index (χ4v) is 6.46. The SMILES string of the molecule is CCCCCCCC(=O)C(O)C(=O)CCc1cc(OC)c(O)c(C2c3ccnc(N)c3CCC2(CO)Cc2ccc[n-]2)c1. The van der Waals surface area contributed by atoms with Crippen LogP contribution >= 0.6 is 0 Å². The molecule has 2 aromatic heterocycles. The molecule has 1 aliphatic carbocycles. The Morgan fingerprint density at radius 2 is 1.91 bits per heavy atom. The van der Waals surface area contributed by atoms with E-state index in [-0.39, 0.29) is 37.4 Å². The molecular weight excluding hydrogens is 546 g/mol. The number of unbranched alkanes of at least 4 members (excludes halogenated alkanes) is 4. The Labute approximate surface area is 253 Å². The molecule has 0 aliphatic heterocycles. The number of Topliss-reactive ketones (excluding diaryl/α,β-unsaturated/α-hetero) is 2. The average Bonchev–Trinajstić information content (AvgIpc) is 3.52. The summed E-state index contributed by atoms with van der Waals surface area (Å²) in [4.78, 5) is 34.0. The van der Waals surface area contributed by atoms with Crippen LogP contribution in [-0.4, -0.2) is 51.7 Å². The summed E-state index contributed by atoms with van der Waals surface area (Å²) < 4.78 is 5.55. The number of benzene rings is 1. The molecule has 2 heterocycles. The number of hydrogen-bond acceptors (Lipinski definition) is 8. The standard InChI is InChI=1S/C34H44N3O6/c1-3-4-5-6-7-10-27(39)32(42)28(40)12-11-22-18-26(31(41)29(19-22)43-2)30-24-14-17-37-33(35)25(24)13-15-34(30,21-38)20-23-9-8-16-36-23/h8-9,14,16-19,30,32,38,41-42H,3-7,10-13,15,20-21H2,1-2H3,(H2,35,37)/q-1. The van der Waals surface area contributed by atoms with Gasteiger partial charge in [-0.05, 0) is 60.9 Å². The minimum absolute atomic E-state index is 0.0448. The average molecular weight is 591 g/mol. The predicted molar refractivity (Wildman–Crippen MR) is 164 cm³/mol. The monoisotopic (exact) mass is 590 g/mol. The number of nitrogen functional groups attached to an aromatic ring is 1. The minimum atomic E-state index is -1.63. The van der Waals surface area contributed by atoms with Gasteiger partial charge in [-0.25, -0.2) is 4.98 Å². The minimum Gasteiger partial charge on any atom is -0.668 e. The van der Waals surface area contributed by atoms with Gasteiger partial charge in [-0.2, -0.15) is 11.9 Å². The van der Waals surface area contributed by atoms with Crippen LogP contribution in [0.25, 0.3) is 0 Å². The van der Waals surface area contributed by atoms with Crippen LogP contribution in [0.4, 0.5) is 5.82 Å². The van der Waals surface area contributed by atoms with Crippen molar-refractivity contribution in [3.8, 4) is 11.5 Å². The quantitative estimate of drug-likeness (QED) is 0.140. The van der Waals surface area contributed by atoms with Gasteiger partial charge in [0, 0.05) is 42.5 Å². The third-order valence-electron chi connectivity index (χ3n) is 8.88. The Bertz CT molecular complexity index is 1390. The van der Waals surface area contributed by atoms with E-state index in [9.17, 15) is 24.9 Å². The van der Waals surface area contributed by atoms with Crippen LogP contribution in [-0.2, 0) is 28.9 Å². The van der Waals surface area contributed by atoms with Crippen molar-refractivity contribution in [3.05, 3.63) is 70.7 Å². The molecule has 232 valence electrons. The molecule has 4 rings (SSSR count). The third-order valence-corrected chi connectivity index (χ3v) is 8.88. The molecule has 0 radical (unpaired) electrons. The molecule has 5 N–H and O–H groups in total. The van der Waals surface area contributed by atoms with Crippen molar-refractivity contribution in [1.29, 1.82) is 0 Å². The van der Waals surface area contributed by atoms with Crippen LogP contribution in [0, 0.1) is 5.41 Å². The zero-order chi connectivity index (χ0) is 31.0. The molecule has 1 aliphatic rings. The predicted octanol–water partition coefficient (Wildman–Crippen LogP) is 4.43. The number of pyridine rings is 1. The molecule has 0 spiro atoms. The fraction of sp³-hybridized carbons (Fsp3) is 0.500. The maximum atomic E-state index is 12.8. The first-order valence-electron chi connectivity index (χ1n) is 15.3.